The van der Waals surface area contributed by atoms with E-state index in [1.807, 2.05) is 6.07 Å². The van der Waals surface area contributed by atoms with Crippen molar-refractivity contribution >= 4 is 27.6 Å². The van der Waals surface area contributed by atoms with Gasteiger partial charge in [0, 0.05) is 5.02 Å². The number of carbonyl (C=O) groups is 1. The number of esters is 1. The van der Waals surface area contributed by atoms with E-state index >= 15 is 0 Å². The fourth-order valence-electron chi connectivity index (χ4n) is 2.01. The molecule has 0 saturated heterocycles. The predicted octanol–water partition coefficient (Wildman–Crippen LogP) is 2.11. The van der Waals surface area contributed by atoms with E-state index in [9.17, 15) is 18.3 Å². The Hall–Kier alpha value is -1.93. The molecule has 0 amide bonds. The summed E-state index contributed by atoms with van der Waals surface area (Å²) >= 11 is 5.74. The smallest absolute Gasteiger partial charge is 0.327 e. The Bertz CT molecular complexity index is 807. The zero-order valence-electron chi connectivity index (χ0n) is 13.4. The van der Waals surface area contributed by atoms with Crippen molar-refractivity contribution in [3.8, 4) is 0 Å². The van der Waals surface area contributed by atoms with Crippen LogP contribution in [-0.4, -0.2) is 31.6 Å². The van der Waals surface area contributed by atoms with E-state index in [0.29, 0.717) is 5.02 Å². The van der Waals surface area contributed by atoms with Crippen molar-refractivity contribution in [3.05, 3.63) is 65.2 Å². The van der Waals surface area contributed by atoms with Gasteiger partial charge in [-0.1, -0.05) is 41.9 Å². The molecular weight excluding hydrogens is 366 g/mol. The van der Waals surface area contributed by atoms with Gasteiger partial charge >= 0.3 is 5.97 Å². The van der Waals surface area contributed by atoms with Gasteiger partial charge in [-0.25, -0.2) is 8.42 Å². The van der Waals surface area contributed by atoms with Crippen LogP contribution in [0.5, 0.6) is 0 Å². The Morgan fingerprint density at radius 1 is 1.16 bits per heavy atom. The number of benzene rings is 2. The monoisotopic (exact) mass is 383 g/mol. The van der Waals surface area contributed by atoms with E-state index in [1.165, 1.54) is 31.2 Å². The molecule has 2 rings (SSSR count). The lowest BCUT2D eigenvalue weighted by Gasteiger charge is -2.20. The molecule has 0 aliphatic heterocycles. The van der Waals surface area contributed by atoms with Gasteiger partial charge in [0.2, 0.25) is 10.0 Å². The number of carbonyl (C=O) groups excluding carboxylic acids is 1. The van der Waals surface area contributed by atoms with Crippen molar-refractivity contribution in [2.75, 3.05) is 0 Å². The van der Waals surface area contributed by atoms with Gasteiger partial charge < -0.3 is 9.84 Å². The summed E-state index contributed by atoms with van der Waals surface area (Å²) < 4.78 is 32.0. The van der Waals surface area contributed by atoms with Crippen molar-refractivity contribution in [1.82, 2.24) is 4.72 Å². The molecule has 2 aromatic carbocycles. The second-order valence-corrected chi connectivity index (χ2v) is 7.54. The lowest BCUT2D eigenvalue weighted by molar-refractivity contribution is -0.149. The molecule has 0 fully saturated rings. The standard InChI is InChI=1S/C17H18ClNO5S/c1-12(20)16(17(21)24-11-13-5-3-2-4-6-13)19-25(22,23)15-9-7-14(18)8-10-15/h2-10,12,16,19-20H,11H2,1H3/t12-,16+/m0/s1. The first-order valence-corrected chi connectivity index (χ1v) is 9.32. The summed E-state index contributed by atoms with van der Waals surface area (Å²) in [5.74, 6) is -0.864. The molecule has 2 aromatic rings. The maximum atomic E-state index is 12.4. The molecule has 25 heavy (non-hydrogen) atoms. The number of sulfonamides is 1. The summed E-state index contributed by atoms with van der Waals surface area (Å²) in [6.07, 6.45) is -1.27. The summed E-state index contributed by atoms with van der Waals surface area (Å²) in [6, 6.07) is 13.0. The van der Waals surface area contributed by atoms with Crippen LogP contribution in [0.2, 0.25) is 5.02 Å². The zero-order valence-corrected chi connectivity index (χ0v) is 15.0. The fraction of sp³-hybridized carbons (Fsp3) is 0.235. The van der Waals surface area contributed by atoms with E-state index in [4.69, 9.17) is 16.3 Å². The number of ether oxygens (including phenoxy) is 1. The van der Waals surface area contributed by atoms with Crippen LogP contribution in [0, 0.1) is 0 Å². The minimum Gasteiger partial charge on any atom is -0.460 e. The Balaban J connectivity index is 2.09. The van der Waals surface area contributed by atoms with Crippen LogP contribution in [-0.2, 0) is 26.2 Å². The molecule has 0 bridgehead atoms. The second kappa shape index (κ2) is 8.44. The van der Waals surface area contributed by atoms with Crippen molar-refractivity contribution in [3.63, 3.8) is 0 Å². The number of nitrogens with one attached hydrogen (secondary N) is 1. The largest absolute Gasteiger partial charge is 0.460 e. The van der Waals surface area contributed by atoms with Gasteiger partial charge in [-0.3, -0.25) is 4.79 Å². The maximum absolute atomic E-state index is 12.4. The molecule has 134 valence electrons. The lowest BCUT2D eigenvalue weighted by atomic mass is 10.2. The van der Waals surface area contributed by atoms with Crippen LogP contribution < -0.4 is 4.72 Å². The zero-order chi connectivity index (χ0) is 18.4. The molecular formula is C17H18ClNO5S. The maximum Gasteiger partial charge on any atom is 0.327 e. The summed E-state index contributed by atoms with van der Waals surface area (Å²) in [4.78, 5) is 12.1. The number of hydrogen-bond acceptors (Lipinski definition) is 5. The average molecular weight is 384 g/mol. The highest BCUT2D eigenvalue weighted by atomic mass is 35.5. The normalized spacial score (nSPS) is 13.9. The average Bonchev–Trinajstić information content (AvgIpc) is 2.58. The first kappa shape index (κ1) is 19.4. The fourth-order valence-corrected chi connectivity index (χ4v) is 3.39. The second-order valence-electron chi connectivity index (χ2n) is 5.39. The van der Waals surface area contributed by atoms with Crippen molar-refractivity contribution in [2.24, 2.45) is 0 Å². The number of aliphatic hydroxyl groups is 1. The lowest BCUT2D eigenvalue weighted by Crippen LogP contribution is -2.48. The van der Waals surface area contributed by atoms with Gasteiger partial charge in [0.15, 0.2) is 0 Å². The predicted molar refractivity (Wildman–Crippen MR) is 93.5 cm³/mol. The van der Waals surface area contributed by atoms with Crippen molar-refractivity contribution in [2.45, 2.75) is 30.6 Å². The van der Waals surface area contributed by atoms with Crippen LogP contribution >= 0.6 is 11.6 Å². The summed E-state index contributed by atoms with van der Waals surface area (Å²) in [6.45, 7) is 1.28. The Morgan fingerprint density at radius 3 is 2.32 bits per heavy atom. The van der Waals surface area contributed by atoms with Gasteiger partial charge in [0.05, 0.1) is 11.0 Å². The molecule has 8 heteroatoms. The molecule has 0 radical (unpaired) electrons. The van der Waals surface area contributed by atoms with Gasteiger partial charge in [-0.15, -0.1) is 0 Å². The summed E-state index contributed by atoms with van der Waals surface area (Å²) in [5.41, 5.74) is 0.751. The Labute approximate surface area is 151 Å². The van der Waals surface area contributed by atoms with Gasteiger partial charge in [0.25, 0.3) is 0 Å². The third kappa shape index (κ3) is 5.54. The molecule has 0 saturated carbocycles. The highest BCUT2D eigenvalue weighted by Gasteiger charge is 2.30. The third-order valence-corrected chi connectivity index (χ3v) is 5.08. The van der Waals surface area contributed by atoms with Gasteiger partial charge in [0.1, 0.15) is 12.6 Å². The molecule has 0 spiro atoms. The van der Waals surface area contributed by atoms with Gasteiger partial charge in [-0.2, -0.15) is 4.72 Å². The highest BCUT2D eigenvalue weighted by Crippen LogP contribution is 2.15. The molecule has 0 aromatic heterocycles. The summed E-state index contributed by atoms with van der Waals surface area (Å²) in [7, 11) is -4.02. The molecule has 0 aliphatic carbocycles. The van der Waals surface area contributed by atoms with Crippen LogP contribution in [0.15, 0.2) is 59.5 Å². The van der Waals surface area contributed by atoms with Crippen LogP contribution in [0.4, 0.5) is 0 Å². The molecule has 6 nitrogen and oxygen atoms in total. The Morgan fingerprint density at radius 2 is 1.76 bits per heavy atom. The molecule has 0 unspecified atom stereocenters. The Kier molecular flexibility index (Phi) is 6.55. The SMILES string of the molecule is C[C@H](O)[C@@H](NS(=O)(=O)c1ccc(Cl)cc1)C(=O)OCc1ccccc1. The molecule has 0 heterocycles. The van der Waals surface area contributed by atoms with E-state index in [0.717, 1.165) is 5.56 Å². The molecule has 2 atom stereocenters. The molecule has 2 N–H and O–H groups in total. The first-order valence-electron chi connectivity index (χ1n) is 7.46. The first-order chi connectivity index (χ1) is 11.8. The number of halogens is 1. The molecule has 0 aliphatic rings. The van der Waals surface area contributed by atoms with E-state index in [1.54, 1.807) is 24.3 Å². The van der Waals surface area contributed by atoms with E-state index in [2.05, 4.69) is 4.72 Å². The number of aliphatic hydroxyl groups excluding tert-OH is 1. The summed E-state index contributed by atoms with van der Waals surface area (Å²) in [5, 5.41) is 10.2. The van der Waals surface area contributed by atoms with Crippen LogP contribution in [0.1, 0.15) is 12.5 Å². The minimum absolute atomic E-state index is 0.0223. The van der Waals surface area contributed by atoms with Crippen molar-refractivity contribution < 1.29 is 23.1 Å². The topological polar surface area (TPSA) is 92.7 Å². The van der Waals surface area contributed by atoms with Crippen molar-refractivity contribution in [1.29, 1.82) is 0 Å². The van der Waals surface area contributed by atoms with E-state index in [-0.39, 0.29) is 11.5 Å². The quantitative estimate of drug-likeness (QED) is 0.714. The van der Waals surface area contributed by atoms with Gasteiger partial charge in [-0.05, 0) is 36.8 Å². The van der Waals surface area contributed by atoms with Crippen LogP contribution in [0.3, 0.4) is 0 Å². The third-order valence-electron chi connectivity index (χ3n) is 3.37. The number of hydrogen-bond donors (Lipinski definition) is 2. The van der Waals surface area contributed by atoms with Crippen LogP contribution in [0.25, 0.3) is 0 Å². The number of rotatable bonds is 7. The van der Waals surface area contributed by atoms with E-state index < -0.39 is 28.1 Å². The highest BCUT2D eigenvalue weighted by molar-refractivity contribution is 7.89. The minimum atomic E-state index is -4.02.